The van der Waals surface area contributed by atoms with Crippen molar-refractivity contribution >= 4 is 17.0 Å². The van der Waals surface area contributed by atoms with E-state index in [-0.39, 0.29) is 0 Å². The van der Waals surface area contributed by atoms with Gasteiger partial charge in [0.1, 0.15) is 0 Å². The van der Waals surface area contributed by atoms with E-state index in [1.165, 1.54) is 12.0 Å². The van der Waals surface area contributed by atoms with Crippen molar-refractivity contribution in [3.63, 3.8) is 0 Å². The highest BCUT2D eigenvalue weighted by Gasteiger charge is 2.25. The van der Waals surface area contributed by atoms with E-state index in [0.717, 1.165) is 48.7 Å². The Morgan fingerprint density at radius 1 is 1.15 bits per heavy atom. The van der Waals surface area contributed by atoms with Crippen LogP contribution < -0.4 is 0 Å². The van der Waals surface area contributed by atoms with Crippen molar-refractivity contribution in [1.29, 1.82) is 0 Å². The average Bonchev–Trinajstić information content (AvgIpc) is 3.38. The fourth-order valence-corrected chi connectivity index (χ4v) is 4.49. The van der Waals surface area contributed by atoms with Gasteiger partial charge >= 0.3 is 0 Å². The van der Waals surface area contributed by atoms with Crippen LogP contribution in [-0.2, 0) is 6.54 Å². The van der Waals surface area contributed by atoms with Gasteiger partial charge in [0, 0.05) is 48.7 Å². The van der Waals surface area contributed by atoms with Gasteiger partial charge in [0.2, 0.25) is 0 Å². The van der Waals surface area contributed by atoms with Crippen molar-refractivity contribution in [2.45, 2.75) is 25.3 Å². The maximum Gasteiger partial charge on any atom is 0.156 e. The molecular weight excluding hydrogens is 354 g/mol. The van der Waals surface area contributed by atoms with Crippen LogP contribution in [0.3, 0.4) is 0 Å². The zero-order valence-corrected chi connectivity index (χ0v) is 15.8. The number of piperidine rings is 1. The zero-order valence-electron chi connectivity index (χ0n) is 15.0. The molecule has 5 heterocycles. The summed E-state index contributed by atoms with van der Waals surface area (Å²) in [6, 6.07) is 10.4. The summed E-state index contributed by atoms with van der Waals surface area (Å²) in [4.78, 5) is 11.6. The number of thiophene rings is 1. The third-order valence-electron chi connectivity index (χ3n) is 5.20. The Labute approximate surface area is 162 Å². The Hall–Kier alpha value is -2.57. The van der Waals surface area contributed by atoms with Gasteiger partial charge in [-0.05, 0) is 60.0 Å². The number of nitrogens with zero attached hydrogens (tertiary/aromatic N) is 5. The summed E-state index contributed by atoms with van der Waals surface area (Å²) in [5.41, 5.74) is 4.52. The number of hydrogen-bond acceptors (Lipinski definition) is 5. The lowest BCUT2D eigenvalue weighted by atomic mass is 9.97. The van der Waals surface area contributed by atoms with Crippen molar-refractivity contribution in [1.82, 2.24) is 24.5 Å². The molecule has 0 bridgehead atoms. The Morgan fingerprint density at radius 2 is 2.15 bits per heavy atom. The third kappa shape index (κ3) is 3.50. The SMILES string of the molecule is c1cncc(-c2ccc3nc([C@@H]4CCCN(Cc5ccsc5)C4)nn3c2)c1. The lowest BCUT2D eigenvalue weighted by molar-refractivity contribution is 0.197. The largest absolute Gasteiger partial charge is 0.298 e. The van der Waals surface area contributed by atoms with Crippen molar-refractivity contribution in [3.8, 4) is 11.1 Å². The van der Waals surface area contributed by atoms with Gasteiger partial charge in [-0.25, -0.2) is 9.50 Å². The first-order chi connectivity index (χ1) is 13.3. The average molecular weight is 376 g/mol. The van der Waals surface area contributed by atoms with Crippen molar-refractivity contribution < 1.29 is 0 Å². The molecule has 1 aliphatic rings. The fourth-order valence-electron chi connectivity index (χ4n) is 3.83. The molecule has 136 valence electrons. The topological polar surface area (TPSA) is 46.3 Å². The first-order valence-corrected chi connectivity index (χ1v) is 10.3. The summed E-state index contributed by atoms with van der Waals surface area (Å²) < 4.78 is 1.91. The van der Waals surface area contributed by atoms with E-state index >= 15 is 0 Å². The van der Waals surface area contributed by atoms with E-state index in [0.29, 0.717) is 5.92 Å². The zero-order chi connectivity index (χ0) is 18.1. The Bertz CT molecular complexity index is 1030. The van der Waals surface area contributed by atoms with E-state index in [1.807, 2.05) is 22.8 Å². The van der Waals surface area contributed by atoms with Gasteiger partial charge in [0.25, 0.3) is 0 Å². The van der Waals surface area contributed by atoms with Crippen LogP contribution in [0.2, 0.25) is 0 Å². The molecular formula is C21H21N5S. The van der Waals surface area contributed by atoms with Crippen LogP contribution in [0.1, 0.15) is 30.1 Å². The molecule has 5 rings (SSSR count). The van der Waals surface area contributed by atoms with Crippen LogP contribution >= 0.6 is 11.3 Å². The first kappa shape index (κ1) is 16.6. The lowest BCUT2D eigenvalue weighted by Crippen LogP contribution is -2.34. The third-order valence-corrected chi connectivity index (χ3v) is 5.93. The second kappa shape index (κ2) is 7.21. The molecule has 1 aliphatic heterocycles. The summed E-state index contributed by atoms with van der Waals surface area (Å²) in [5.74, 6) is 1.37. The number of aromatic nitrogens is 4. The molecule has 27 heavy (non-hydrogen) atoms. The second-order valence-electron chi connectivity index (χ2n) is 7.14. The molecule has 6 heteroatoms. The molecule has 1 atom stereocenters. The van der Waals surface area contributed by atoms with Gasteiger partial charge in [-0.3, -0.25) is 9.88 Å². The summed E-state index contributed by atoms with van der Waals surface area (Å²) >= 11 is 1.77. The normalized spacial score (nSPS) is 18.1. The quantitative estimate of drug-likeness (QED) is 0.535. The van der Waals surface area contributed by atoms with Crippen LogP contribution in [0.5, 0.6) is 0 Å². The van der Waals surface area contributed by atoms with Crippen LogP contribution in [0.25, 0.3) is 16.8 Å². The predicted octanol–water partition coefficient (Wildman–Crippen LogP) is 4.23. The number of fused-ring (bicyclic) bond motifs is 1. The maximum atomic E-state index is 4.81. The summed E-state index contributed by atoms with van der Waals surface area (Å²) in [7, 11) is 0. The predicted molar refractivity (Wildman–Crippen MR) is 108 cm³/mol. The molecule has 0 unspecified atom stereocenters. The first-order valence-electron chi connectivity index (χ1n) is 9.35. The molecule has 0 aromatic carbocycles. The molecule has 4 aromatic rings. The highest BCUT2D eigenvalue weighted by molar-refractivity contribution is 7.07. The minimum absolute atomic E-state index is 0.402. The molecule has 4 aromatic heterocycles. The maximum absolute atomic E-state index is 4.81. The molecule has 0 saturated carbocycles. The van der Waals surface area contributed by atoms with Gasteiger partial charge in [0.15, 0.2) is 11.5 Å². The van der Waals surface area contributed by atoms with Gasteiger partial charge in [-0.2, -0.15) is 16.4 Å². The van der Waals surface area contributed by atoms with E-state index in [9.17, 15) is 0 Å². The molecule has 0 radical (unpaired) electrons. The molecule has 0 N–H and O–H groups in total. The minimum Gasteiger partial charge on any atom is -0.298 e. The lowest BCUT2D eigenvalue weighted by Gasteiger charge is -2.31. The molecule has 0 aliphatic carbocycles. The number of rotatable bonds is 4. The smallest absolute Gasteiger partial charge is 0.156 e. The molecule has 5 nitrogen and oxygen atoms in total. The van der Waals surface area contributed by atoms with Gasteiger partial charge in [-0.15, -0.1) is 0 Å². The standard InChI is InChI=1S/C21H21N5S/c1-3-17(11-22-8-1)18-5-6-20-23-21(24-26(20)14-18)19-4-2-9-25(13-19)12-16-7-10-27-15-16/h1,3,5-8,10-11,14-15,19H,2,4,9,12-13H2/t19-/m1/s1. The highest BCUT2D eigenvalue weighted by Crippen LogP contribution is 2.27. The van der Waals surface area contributed by atoms with E-state index < -0.39 is 0 Å². The Morgan fingerprint density at radius 3 is 3.00 bits per heavy atom. The molecule has 1 fully saturated rings. The highest BCUT2D eigenvalue weighted by atomic mass is 32.1. The van der Waals surface area contributed by atoms with Crippen LogP contribution in [0, 0.1) is 0 Å². The monoisotopic (exact) mass is 375 g/mol. The Kier molecular flexibility index (Phi) is 4.43. The van der Waals surface area contributed by atoms with Crippen LogP contribution in [-0.4, -0.2) is 37.6 Å². The van der Waals surface area contributed by atoms with Crippen LogP contribution in [0.15, 0.2) is 59.7 Å². The fraction of sp³-hybridized carbons (Fsp3) is 0.286. The van der Waals surface area contributed by atoms with Gasteiger partial charge in [-0.1, -0.05) is 6.07 Å². The molecule has 1 saturated heterocycles. The Balaban J connectivity index is 1.38. The van der Waals surface area contributed by atoms with Gasteiger partial charge in [0.05, 0.1) is 0 Å². The van der Waals surface area contributed by atoms with Crippen molar-refractivity contribution in [2.75, 3.05) is 13.1 Å². The second-order valence-corrected chi connectivity index (χ2v) is 7.92. The van der Waals surface area contributed by atoms with Crippen LogP contribution in [0.4, 0.5) is 0 Å². The van der Waals surface area contributed by atoms with Gasteiger partial charge < -0.3 is 0 Å². The summed E-state index contributed by atoms with van der Waals surface area (Å²) in [5, 5.41) is 9.21. The number of hydrogen-bond donors (Lipinski definition) is 0. The van der Waals surface area contributed by atoms with E-state index in [2.05, 4.69) is 45.0 Å². The van der Waals surface area contributed by atoms with E-state index in [4.69, 9.17) is 10.1 Å². The van der Waals surface area contributed by atoms with Crippen molar-refractivity contribution in [3.05, 3.63) is 71.1 Å². The summed E-state index contributed by atoms with van der Waals surface area (Å²) in [6.07, 6.45) is 8.08. The molecule has 0 spiro atoms. The minimum atomic E-state index is 0.402. The molecule has 0 amide bonds. The van der Waals surface area contributed by atoms with Crippen molar-refractivity contribution in [2.24, 2.45) is 0 Å². The van der Waals surface area contributed by atoms with E-state index in [1.54, 1.807) is 17.5 Å². The summed E-state index contributed by atoms with van der Waals surface area (Å²) in [6.45, 7) is 3.21. The number of likely N-dealkylation sites (tertiary alicyclic amines) is 1. The number of pyridine rings is 2.